The van der Waals surface area contributed by atoms with Gasteiger partial charge in [0.05, 0.1) is 0 Å². The summed E-state index contributed by atoms with van der Waals surface area (Å²) in [5.74, 6) is 0. The second-order valence-corrected chi connectivity index (χ2v) is 27.7. The predicted octanol–water partition coefficient (Wildman–Crippen LogP) is 15.7. The summed E-state index contributed by atoms with van der Waals surface area (Å²) in [6, 6.07) is 23.1. The third kappa shape index (κ3) is 19.3. The molecule has 2 aromatic carbocycles. The standard InChI is InChI=1S/C42H72IP/c1-3-5-7-9-11-13-15-17-19-21-23-31-37-44(43,39-41-33-27-25-28-34-41,40-42-35-29-26-30-36-42)38-32-24-22-20-18-16-14-12-10-8-6-4-2/h25-30,33-36H,3-24,31-32,37-40H2,1-2H3. The van der Waals surface area contributed by atoms with Gasteiger partial charge in [0, 0.05) is 0 Å². The van der Waals surface area contributed by atoms with Gasteiger partial charge in [-0.2, -0.15) is 0 Å². The summed E-state index contributed by atoms with van der Waals surface area (Å²) >= 11 is 3.13. The number of unbranched alkanes of at least 4 members (excludes halogenated alkanes) is 22. The van der Waals surface area contributed by atoms with Crippen LogP contribution >= 0.6 is 26.3 Å². The second-order valence-electron chi connectivity index (χ2n) is 14.3. The summed E-state index contributed by atoms with van der Waals surface area (Å²) in [5, 5.41) is 0. The van der Waals surface area contributed by atoms with Crippen LogP contribution in [-0.2, 0) is 12.3 Å². The molecule has 44 heavy (non-hydrogen) atoms. The molecule has 0 N–H and O–H groups in total. The van der Waals surface area contributed by atoms with E-state index in [4.69, 9.17) is 0 Å². The molecule has 0 aromatic heterocycles. The number of hydrogen-bond donors (Lipinski definition) is 0. The average molecular weight is 735 g/mol. The Balaban J connectivity index is 1.87. The summed E-state index contributed by atoms with van der Waals surface area (Å²) in [4.78, 5) is 0. The zero-order chi connectivity index (χ0) is 31.5. The quantitative estimate of drug-likeness (QED) is 0.0426. The van der Waals surface area contributed by atoms with Crippen LogP contribution in [0.25, 0.3) is 0 Å². The van der Waals surface area contributed by atoms with Gasteiger partial charge in [-0.05, 0) is 0 Å². The topological polar surface area (TPSA) is 0 Å². The Morgan fingerprint density at radius 1 is 0.364 bits per heavy atom. The van der Waals surface area contributed by atoms with Crippen molar-refractivity contribution in [2.75, 3.05) is 12.3 Å². The van der Waals surface area contributed by atoms with Gasteiger partial charge in [-0.1, -0.05) is 26.7 Å². The van der Waals surface area contributed by atoms with Gasteiger partial charge in [-0.3, -0.25) is 0 Å². The molecule has 0 bridgehead atoms. The van der Waals surface area contributed by atoms with Crippen LogP contribution in [0.3, 0.4) is 0 Å². The molecule has 2 heteroatoms. The number of halogens is 1. The van der Waals surface area contributed by atoms with E-state index >= 15 is 0 Å². The average Bonchev–Trinajstić information content (AvgIpc) is 3.03. The molecule has 0 aliphatic carbocycles. The fourth-order valence-electron chi connectivity index (χ4n) is 7.26. The van der Waals surface area contributed by atoms with Gasteiger partial charge in [0.1, 0.15) is 0 Å². The molecule has 0 radical (unpaired) electrons. The fourth-order valence-corrected chi connectivity index (χ4v) is 16.9. The van der Waals surface area contributed by atoms with E-state index in [0.29, 0.717) is 0 Å². The van der Waals surface area contributed by atoms with Crippen LogP contribution in [0.5, 0.6) is 0 Å². The Morgan fingerprint density at radius 3 is 0.886 bits per heavy atom. The molecule has 0 heterocycles. The molecule has 0 fully saturated rings. The minimum atomic E-state index is -2.01. The van der Waals surface area contributed by atoms with Crippen LogP contribution in [0, 0.1) is 0 Å². The van der Waals surface area contributed by atoms with Crippen molar-refractivity contribution in [2.45, 2.75) is 180 Å². The SMILES string of the molecule is CCCCCCCCCCCCCCP(I)(CCCCCCCCCCCCCC)(Cc1ccccc1)Cc1ccccc1. The molecule has 0 unspecified atom stereocenters. The van der Waals surface area contributed by atoms with E-state index in [2.05, 4.69) is 96.6 Å². The van der Waals surface area contributed by atoms with Gasteiger partial charge in [-0.25, -0.2) is 0 Å². The molecule has 252 valence electrons. The summed E-state index contributed by atoms with van der Waals surface area (Å²) in [7, 11) is 0. The van der Waals surface area contributed by atoms with E-state index in [0.717, 1.165) is 0 Å². The number of hydrogen-bond acceptors (Lipinski definition) is 0. The van der Waals surface area contributed by atoms with E-state index in [1.54, 1.807) is 11.1 Å². The van der Waals surface area contributed by atoms with Gasteiger partial charge < -0.3 is 0 Å². The second kappa shape index (κ2) is 25.7. The van der Waals surface area contributed by atoms with Crippen molar-refractivity contribution < 1.29 is 0 Å². The molecular weight excluding hydrogens is 662 g/mol. The van der Waals surface area contributed by atoms with Crippen LogP contribution in [0.2, 0.25) is 0 Å². The van der Waals surface area contributed by atoms with Crippen LogP contribution in [0.15, 0.2) is 60.7 Å². The Labute approximate surface area is 289 Å². The van der Waals surface area contributed by atoms with Crippen molar-refractivity contribution in [3.05, 3.63) is 71.8 Å². The van der Waals surface area contributed by atoms with Crippen molar-refractivity contribution in [3.8, 4) is 0 Å². The normalized spacial score (nSPS) is 12.8. The van der Waals surface area contributed by atoms with Crippen molar-refractivity contribution in [1.29, 1.82) is 0 Å². The molecule has 0 saturated carbocycles. The molecule has 0 aliphatic heterocycles. The first-order valence-electron chi connectivity index (χ1n) is 19.4. The Bertz CT molecular complexity index is 821. The van der Waals surface area contributed by atoms with Crippen molar-refractivity contribution in [2.24, 2.45) is 0 Å². The summed E-state index contributed by atoms with van der Waals surface area (Å²) in [6.45, 7) is 4.63. The van der Waals surface area contributed by atoms with Crippen molar-refractivity contribution in [1.82, 2.24) is 0 Å². The molecule has 0 amide bonds. The molecule has 2 rings (SSSR count). The summed E-state index contributed by atoms with van der Waals surface area (Å²) < 4.78 is -2.01. The van der Waals surface area contributed by atoms with Gasteiger partial charge in [0.2, 0.25) is 0 Å². The van der Waals surface area contributed by atoms with Crippen molar-refractivity contribution >= 4 is 26.3 Å². The molecular formula is C42H72IP. The van der Waals surface area contributed by atoms with E-state index in [-0.39, 0.29) is 0 Å². The fraction of sp³-hybridized carbons (Fsp3) is 0.714. The Hall–Kier alpha value is -0.400. The minimum absolute atomic E-state index is 1.32. The van der Waals surface area contributed by atoms with Crippen LogP contribution < -0.4 is 0 Å². The monoisotopic (exact) mass is 734 g/mol. The summed E-state index contributed by atoms with van der Waals surface area (Å²) in [5.41, 5.74) is 3.15. The Kier molecular flexibility index (Phi) is 23.2. The first-order valence-corrected chi connectivity index (χ1v) is 25.1. The zero-order valence-electron chi connectivity index (χ0n) is 29.4. The van der Waals surface area contributed by atoms with Gasteiger partial charge >= 0.3 is 264 Å². The van der Waals surface area contributed by atoms with E-state index in [1.165, 1.54) is 179 Å². The molecule has 0 nitrogen and oxygen atoms in total. The van der Waals surface area contributed by atoms with Gasteiger partial charge in [-0.15, -0.1) is 0 Å². The maximum atomic E-state index is 3.13. The third-order valence-electron chi connectivity index (χ3n) is 9.98. The first kappa shape index (κ1) is 39.8. The van der Waals surface area contributed by atoms with E-state index < -0.39 is 4.25 Å². The first-order chi connectivity index (χ1) is 21.6. The number of benzene rings is 2. The maximum absolute atomic E-state index is 3.13. The number of rotatable bonds is 30. The molecule has 2 aromatic rings. The molecule has 0 aliphatic rings. The Morgan fingerprint density at radius 2 is 0.614 bits per heavy atom. The molecule has 0 atom stereocenters. The molecule has 0 spiro atoms. The van der Waals surface area contributed by atoms with E-state index in [9.17, 15) is 0 Å². The third-order valence-corrected chi connectivity index (χ3v) is 20.1. The van der Waals surface area contributed by atoms with Gasteiger partial charge in [0.15, 0.2) is 0 Å². The van der Waals surface area contributed by atoms with Crippen LogP contribution in [0.4, 0.5) is 0 Å². The predicted molar refractivity (Wildman–Crippen MR) is 213 cm³/mol. The van der Waals surface area contributed by atoms with Crippen molar-refractivity contribution in [3.63, 3.8) is 0 Å². The van der Waals surface area contributed by atoms with E-state index in [1.807, 2.05) is 0 Å². The van der Waals surface area contributed by atoms with Crippen LogP contribution in [0.1, 0.15) is 179 Å². The van der Waals surface area contributed by atoms with Gasteiger partial charge in [0.25, 0.3) is 0 Å². The zero-order valence-corrected chi connectivity index (χ0v) is 32.4. The summed E-state index contributed by atoms with van der Waals surface area (Å²) in [6.07, 6.45) is 40.1. The molecule has 0 saturated heterocycles. The van der Waals surface area contributed by atoms with Crippen LogP contribution in [-0.4, -0.2) is 12.3 Å².